The molecule has 0 aliphatic rings. The minimum Gasteiger partial charge on any atom is -0.387 e. The molecule has 0 fully saturated rings. The number of hydrogen-bond donors (Lipinski definition) is 3. The van der Waals surface area contributed by atoms with Gasteiger partial charge in [-0.05, 0) is 18.6 Å². The van der Waals surface area contributed by atoms with Gasteiger partial charge in [-0.3, -0.25) is 14.9 Å². The van der Waals surface area contributed by atoms with Crippen LogP contribution in [0, 0.1) is 0 Å². The number of pyridine rings is 1. The number of alkyl halides is 3. The zero-order chi connectivity index (χ0) is 19.8. The van der Waals surface area contributed by atoms with Crippen LogP contribution in [0.25, 0.3) is 10.9 Å². The van der Waals surface area contributed by atoms with E-state index in [1.54, 1.807) is 12.3 Å². The van der Waals surface area contributed by atoms with Gasteiger partial charge in [-0.25, -0.2) is 4.98 Å². The Balaban J connectivity index is 0.00000280. The van der Waals surface area contributed by atoms with E-state index in [0.29, 0.717) is 0 Å². The third kappa shape index (κ3) is 4.03. The van der Waals surface area contributed by atoms with Gasteiger partial charge in [0.2, 0.25) is 5.43 Å². The molecule has 0 radical (unpaired) electrons. The van der Waals surface area contributed by atoms with Gasteiger partial charge in [0.05, 0.1) is 22.9 Å². The minimum absolute atomic E-state index is 0. The summed E-state index contributed by atoms with van der Waals surface area (Å²) in [7, 11) is 0. The van der Waals surface area contributed by atoms with Crippen LogP contribution in [0.5, 0.6) is 0 Å². The van der Waals surface area contributed by atoms with Gasteiger partial charge >= 0.3 is 6.18 Å². The molecule has 1 aromatic carbocycles. The number of amides is 1. The van der Waals surface area contributed by atoms with Crippen molar-refractivity contribution < 1.29 is 23.1 Å². The van der Waals surface area contributed by atoms with Gasteiger partial charge in [0.25, 0.3) is 5.91 Å². The Morgan fingerprint density at radius 2 is 2.11 bits per heavy atom. The molecular weight excluding hydrogens is 419 g/mol. The number of thiazole rings is 1. The number of halogens is 4. The lowest BCUT2D eigenvalue weighted by molar-refractivity contribution is -0.136. The molecule has 0 bridgehead atoms. The van der Waals surface area contributed by atoms with Gasteiger partial charge in [0, 0.05) is 17.0 Å². The first-order valence-corrected chi connectivity index (χ1v) is 8.77. The molecule has 0 aliphatic carbocycles. The van der Waals surface area contributed by atoms with Gasteiger partial charge in [0.15, 0.2) is 5.13 Å². The largest absolute Gasteiger partial charge is 0.418 e. The summed E-state index contributed by atoms with van der Waals surface area (Å²) in [5.41, 5.74) is -3.12. The Morgan fingerprint density at radius 3 is 2.68 bits per heavy atom. The number of nitrogens with one attached hydrogen (secondary N) is 2. The number of nitrogens with zero attached hydrogens (tertiary/aromatic N) is 1. The van der Waals surface area contributed by atoms with E-state index < -0.39 is 40.3 Å². The van der Waals surface area contributed by atoms with Gasteiger partial charge in [-0.2, -0.15) is 13.2 Å². The van der Waals surface area contributed by atoms with Crippen molar-refractivity contribution in [3.63, 3.8) is 0 Å². The number of H-pyrrole nitrogens is 1. The molecule has 1 unspecified atom stereocenters. The number of hydrogen-bond acceptors (Lipinski definition) is 5. The van der Waals surface area contributed by atoms with E-state index >= 15 is 0 Å². The smallest absolute Gasteiger partial charge is 0.387 e. The first-order valence-electron chi connectivity index (χ1n) is 7.89. The average Bonchev–Trinajstić information content (AvgIpc) is 3.12. The maximum absolute atomic E-state index is 13.3. The van der Waals surface area contributed by atoms with E-state index in [2.05, 4.69) is 15.3 Å². The molecule has 3 aromatic rings. The maximum Gasteiger partial charge on any atom is 0.418 e. The van der Waals surface area contributed by atoms with E-state index in [-0.39, 0.29) is 35.0 Å². The fourth-order valence-electron chi connectivity index (χ4n) is 2.69. The first-order chi connectivity index (χ1) is 12.7. The molecule has 3 N–H and O–H groups in total. The van der Waals surface area contributed by atoms with Crippen LogP contribution in [0.4, 0.5) is 18.3 Å². The van der Waals surface area contributed by atoms with Crippen molar-refractivity contribution in [2.45, 2.75) is 25.6 Å². The van der Waals surface area contributed by atoms with Crippen molar-refractivity contribution >= 4 is 45.7 Å². The summed E-state index contributed by atoms with van der Waals surface area (Å²) in [6.07, 6.45) is -4.49. The highest BCUT2D eigenvalue weighted by atomic mass is 35.5. The number of rotatable bonds is 4. The summed E-state index contributed by atoms with van der Waals surface area (Å²) in [5.74, 6) is -0.854. The molecule has 1 amide bonds. The number of aliphatic hydroxyl groups excluding tert-OH is 1. The van der Waals surface area contributed by atoms with Crippen LogP contribution < -0.4 is 10.7 Å². The van der Waals surface area contributed by atoms with Crippen LogP contribution in [0.1, 0.15) is 41.1 Å². The number of para-hydroxylation sites is 1. The normalized spacial score (nSPS) is 12.5. The number of carbonyl (C=O) groups is 1. The van der Waals surface area contributed by atoms with Crippen LogP contribution in [0.15, 0.2) is 34.6 Å². The van der Waals surface area contributed by atoms with Crippen molar-refractivity contribution in [1.29, 1.82) is 0 Å². The average molecular weight is 434 g/mol. The molecule has 28 heavy (non-hydrogen) atoms. The summed E-state index contributed by atoms with van der Waals surface area (Å²) in [4.78, 5) is 31.8. The number of aromatic nitrogens is 2. The van der Waals surface area contributed by atoms with Crippen LogP contribution in [0.2, 0.25) is 0 Å². The lowest BCUT2D eigenvalue weighted by atomic mass is 10.0. The first kappa shape index (κ1) is 21.9. The monoisotopic (exact) mass is 433 g/mol. The Kier molecular flexibility index (Phi) is 6.48. The summed E-state index contributed by atoms with van der Waals surface area (Å²) in [5, 5.41) is 14.2. The molecule has 6 nitrogen and oxygen atoms in total. The molecule has 2 aromatic heterocycles. The zero-order valence-corrected chi connectivity index (χ0v) is 16.0. The van der Waals surface area contributed by atoms with Crippen molar-refractivity contribution in [2.75, 3.05) is 5.32 Å². The number of aliphatic hydroxyl groups is 1. The second-order valence-corrected chi connectivity index (χ2v) is 6.58. The van der Waals surface area contributed by atoms with Gasteiger partial charge in [-0.1, -0.05) is 13.0 Å². The predicted octanol–water partition coefficient (Wildman–Crippen LogP) is 4.12. The molecule has 3 rings (SSSR count). The third-order valence-electron chi connectivity index (χ3n) is 3.97. The highest BCUT2D eigenvalue weighted by molar-refractivity contribution is 7.13. The number of aromatic amines is 1. The second-order valence-electron chi connectivity index (χ2n) is 5.68. The molecular formula is C17H15ClF3N3O3S. The van der Waals surface area contributed by atoms with Crippen LogP contribution in [-0.4, -0.2) is 21.0 Å². The number of benzene rings is 1. The van der Waals surface area contributed by atoms with Crippen LogP contribution in [0.3, 0.4) is 0 Å². The Hall–Kier alpha value is -2.43. The maximum atomic E-state index is 13.3. The van der Waals surface area contributed by atoms with Gasteiger partial charge in [0.1, 0.15) is 5.56 Å². The Labute approximate surface area is 166 Å². The molecule has 11 heteroatoms. The zero-order valence-electron chi connectivity index (χ0n) is 14.3. The summed E-state index contributed by atoms with van der Waals surface area (Å²) in [6, 6.07) is 3.13. The summed E-state index contributed by atoms with van der Waals surface area (Å²) >= 11 is 1.11. The lowest BCUT2D eigenvalue weighted by Gasteiger charge is -2.17. The van der Waals surface area contributed by atoms with Crippen molar-refractivity contribution in [3.05, 3.63) is 56.8 Å². The van der Waals surface area contributed by atoms with E-state index in [4.69, 9.17) is 0 Å². The molecule has 0 saturated carbocycles. The van der Waals surface area contributed by atoms with E-state index in [0.717, 1.165) is 23.5 Å². The van der Waals surface area contributed by atoms with E-state index in [1.165, 1.54) is 12.3 Å². The SMILES string of the molecule is CCC(O)c1[nH]c2c(C(F)(F)F)cccc2c(=O)c1C(=O)Nc1nccs1.Cl. The Morgan fingerprint density at radius 1 is 1.39 bits per heavy atom. The van der Waals surface area contributed by atoms with Crippen LogP contribution >= 0.6 is 23.7 Å². The number of carbonyl (C=O) groups excluding carboxylic acids is 1. The van der Waals surface area contributed by atoms with E-state index in [1.807, 2.05) is 0 Å². The minimum atomic E-state index is -4.71. The summed E-state index contributed by atoms with van der Waals surface area (Å²) < 4.78 is 39.9. The fourth-order valence-corrected chi connectivity index (χ4v) is 3.21. The molecule has 0 spiro atoms. The van der Waals surface area contributed by atoms with Crippen LogP contribution in [-0.2, 0) is 6.18 Å². The Bertz CT molecular complexity index is 1050. The fraction of sp³-hybridized carbons (Fsp3) is 0.235. The molecule has 2 heterocycles. The molecule has 1 atom stereocenters. The van der Waals surface area contributed by atoms with Crippen molar-refractivity contribution in [2.24, 2.45) is 0 Å². The molecule has 0 aliphatic heterocycles. The second kappa shape index (κ2) is 8.29. The third-order valence-corrected chi connectivity index (χ3v) is 4.66. The molecule has 150 valence electrons. The highest BCUT2D eigenvalue weighted by Gasteiger charge is 2.34. The topological polar surface area (TPSA) is 95.1 Å². The highest BCUT2D eigenvalue weighted by Crippen LogP contribution is 2.34. The van der Waals surface area contributed by atoms with Crippen molar-refractivity contribution in [1.82, 2.24) is 9.97 Å². The van der Waals surface area contributed by atoms with E-state index in [9.17, 15) is 27.9 Å². The number of anilines is 1. The van der Waals surface area contributed by atoms with Crippen molar-refractivity contribution in [3.8, 4) is 0 Å². The standard InChI is InChI=1S/C17H14F3N3O3S.ClH/c1-2-10(24)13-11(15(26)23-16-21-6-7-27-16)14(25)8-4-3-5-9(12(8)22-13)17(18,19)20;/h3-7,10,24H,2H2,1H3,(H,22,25)(H,21,23,26);1H. The van der Waals surface area contributed by atoms with Gasteiger partial charge in [-0.15, -0.1) is 23.7 Å². The molecule has 0 saturated heterocycles. The quantitative estimate of drug-likeness (QED) is 0.576. The number of fused-ring (bicyclic) bond motifs is 1. The summed E-state index contributed by atoms with van der Waals surface area (Å²) in [6.45, 7) is 1.57. The van der Waals surface area contributed by atoms with Gasteiger partial charge < -0.3 is 10.1 Å². The lowest BCUT2D eigenvalue weighted by Crippen LogP contribution is -2.27. The predicted molar refractivity (Wildman–Crippen MR) is 102 cm³/mol.